The molecule has 9 aromatic rings. The van der Waals surface area contributed by atoms with Crippen LogP contribution in [0.2, 0.25) is 0 Å². The lowest BCUT2D eigenvalue weighted by Gasteiger charge is -2.26. The van der Waals surface area contributed by atoms with E-state index in [1.165, 1.54) is 118 Å². The van der Waals surface area contributed by atoms with Crippen LogP contribution in [0.25, 0.3) is 98.9 Å². The second-order valence-corrected chi connectivity index (χ2v) is 17.7. The molecule has 0 nitrogen and oxygen atoms in total. The summed E-state index contributed by atoms with van der Waals surface area (Å²) in [6, 6.07) is 47.1. The highest BCUT2D eigenvalue weighted by molar-refractivity contribution is 6.37. The number of aryl methyl sites for hydroxylation is 3. The Labute approximate surface area is 333 Å². The highest BCUT2D eigenvalue weighted by atomic mass is 14.5. The second kappa shape index (κ2) is 11.5. The Morgan fingerprint density at radius 1 is 0.526 bits per heavy atom. The lowest BCUT2D eigenvalue weighted by molar-refractivity contribution is 0.660. The molecule has 0 N–H and O–H groups in total. The molecule has 0 spiro atoms. The molecule has 0 amide bonds. The van der Waals surface area contributed by atoms with Crippen LogP contribution in [0.4, 0.5) is 0 Å². The van der Waals surface area contributed by atoms with Gasteiger partial charge >= 0.3 is 0 Å². The molecular weight excluding hydrogens is 685 g/mol. The van der Waals surface area contributed by atoms with Gasteiger partial charge in [-0.25, -0.2) is 0 Å². The minimum Gasteiger partial charge on any atom is -0.0766 e. The van der Waals surface area contributed by atoms with E-state index >= 15 is 0 Å². The topological polar surface area (TPSA) is 0 Å². The summed E-state index contributed by atoms with van der Waals surface area (Å²) < 4.78 is 0. The Morgan fingerprint density at radius 3 is 1.77 bits per heavy atom. The second-order valence-electron chi connectivity index (χ2n) is 17.7. The molecule has 4 aliphatic carbocycles. The van der Waals surface area contributed by atoms with Gasteiger partial charge in [-0.1, -0.05) is 133 Å². The van der Waals surface area contributed by atoms with Crippen molar-refractivity contribution in [3.8, 4) is 33.4 Å². The maximum atomic E-state index is 2.64. The largest absolute Gasteiger partial charge is 0.0766 e. The maximum Gasteiger partial charge on any atom is -0.000763 e. The normalized spacial score (nSPS) is 17.9. The minimum atomic E-state index is 0.787. The van der Waals surface area contributed by atoms with E-state index in [1.54, 1.807) is 38.1 Å². The van der Waals surface area contributed by atoms with E-state index in [0.29, 0.717) is 0 Å². The average molecular weight is 729 g/mol. The zero-order valence-electron chi connectivity index (χ0n) is 33.0. The van der Waals surface area contributed by atoms with E-state index in [2.05, 4.69) is 148 Å². The predicted octanol–water partition coefficient (Wildman–Crippen LogP) is 13.8. The Kier molecular flexibility index (Phi) is 6.51. The number of fused-ring (bicyclic) bond motifs is 14. The van der Waals surface area contributed by atoms with Gasteiger partial charge in [-0.3, -0.25) is 0 Å². The van der Waals surface area contributed by atoms with E-state index in [-0.39, 0.29) is 0 Å². The maximum absolute atomic E-state index is 2.64. The zero-order valence-corrected chi connectivity index (χ0v) is 33.0. The Hall–Kier alpha value is -5.98. The smallest absolute Gasteiger partial charge is 0.000763 e. The van der Waals surface area contributed by atoms with Gasteiger partial charge in [0.2, 0.25) is 0 Å². The van der Waals surface area contributed by atoms with Gasteiger partial charge < -0.3 is 0 Å². The van der Waals surface area contributed by atoms with Crippen LogP contribution in [0.5, 0.6) is 0 Å². The van der Waals surface area contributed by atoms with E-state index in [1.807, 2.05) is 0 Å². The fourth-order valence-corrected chi connectivity index (χ4v) is 12.2. The summed E-state index contributed by atoms with van der Waals surface area (Å²) in [5, 5.41) is 16.9. The monoisotopic (exact) mass is 728 g/mol. The van der Waals surface area contributed by atoms with Gasteiger partial charge in [-0.2, -0.15) is 0 Å². The predicted molar refractivity (Wildman–Crippen MR) is 244 cm³/mol. The van der Waals surface area contributed by atoms with Crippen LogP contribution in [-0.4, -0.2) is 0 Å². The molecule has 0 aromatic heterocycles. The van der Waals surface area contributed by atoms with Crippen molar-refractivity contribution in [2.45, 2.75) is 65.2 Å². The molecule has 0 bridgehead atoms. The summed E-state index contributed by atoms with van der Waals surface area (Å²) in [7, 11) is 0. The van der Waals surface area contributed by atoms with Gasteiger partial charge in [0.15, 0.2) is 0 Å². The lowest BCUT2D eigenvalue weighted by atomic mass is 9.78. The fraction of sp³-hybridized carbons (Fsp3) is 0.193. The first-order valence-electron chi connectivity index (χ1n) is 21.4. The third-order valence-electron chi connectivity index (χ3n) is 14.5. The van der Waals surface area contributed by atoms with Crippen LogP contribution in [0.15, 0.2) is 121 Å². The number of benzene rings is 9. The van der Waals surface area contributed by atoms with Crippen molar-refractivity contribution in [2.75, 3.05) is 0 Å². The van der Waals surface area contributed by atoms with Crippen LogP contribution in [0.1, 0.15) is 71.9 Å². The molecule has 2 unspecified atom stereocenters. The summed E-state index contributed by atoms with van der Waals surface area (Å²) in [6.07, 6.45) is 9.95. The van der Waals surface area contributed by atoms with Crippen molar-refractivity contribution >= 4 is 65.5 Å². The van der Waals surface area contributed by atoms with Gasteiger partial charge in [-0.05, 0) is 202 Å². The number of hydrogen-bond donors (Lipinski definition) is 0. The van der Waals surface area contributed by atoms with Crippen molar-refractivity contribution in [1.82, 2.24) is 0 Å². The highest BCUT2D eigenvalue weighted by Gasteiger charge is 2.44. The Morgan fingerprint density at radius 2 is 1.14 bits per heavy atom. The van der Waals surface area contributed by atoms with Crippen LogP contribution in [0.3, 0.4) is 0 Å². The molecule has 57 heavy (non-hydrogen) atoms. The molecule has 0 heteroatoms. The lowest BCUT2D eigenvalue weighted by Crippen LogP contribution is -2.25. The molecular formula is C57H44. The van der Waals surface area contributed by atoms with Gasteiger partial charge in [-0.15, -0.1) is 0 Å². The number of rotatable bonds is 3. The standard InChI is InChI=1S/C57H44/c1-4-11-36-38-22-24-40-47-29-49-50(30-48(47)41-25-23-39(54(38)55(40)41)37-21-18-35-28-44(35)53(36)37)52(34-14-9-6-10-15-34)57-43-20-17-32(3)27-46(43)45-26-31(2)16-19-42(45)56(57)51(49)33-12-7-5-8-13-33/h5-17,19-20,22,24,26-27,29-30,35,44H,4,18,21,23,25,28H2,1-3H3. The van der Waals surface area contributed by atoms with Crippen molar-refractivity contribution in [3.63, 3.8) is 0 Å². The van der Waals surface area contributed by atoms with Crippen molar-refractivity contribution in [3.05, 3.63) is 165 Å². The first-order chi connectivity index (χ1) is 28.1. The Bertz CT molecular complexity index is 3420. The average Bonchev–Trinajstić information content (AvgIpc) is 3.98. The molecule has 9 aromatic carbocycles. The third-order valence-corrected chi connectivity index (χ3v) is 14.5. The summed E-state index contributed by atoms with van der Waals surface area (Å²) in [5.74, 6) is 1.70. The van der Waals surface area contributed by atoms with E-state index in [4.69, 9.17) is 0 Å². The molecule has 0 heterocycles. The highest BCUT2D eigenvalue weighted by Crippen LogP contribution is 2.56. The minimum absolute atomic E-state index is 0.787. The van der Waals surface area contributed by atoms with E-state index in [9.17, 15) is 0 Å². The van der Waals surface area contributed by atoms with Crippen molar-refractivity contribution in [2.24, 2.45) is 5.92 Å². The summed E-state index contributed by atoms with van der Waals surface area (Å²) in [5.41, 5.74) is 18.8. The van der Waals surface area contributed by atoms with Crippen molar-refractivity contribution in [1.29, 1.82) is 0 Å². The van der Waals surface area contributed by atoms with Crippen LogP contribution < -0.4 is 10.4 Å². The molecule has 272 valence electrons. The molecule has 0 saturated heterocycles. The van der Waals surface area contributed by atoms with Crippen LogP contribution in [0, 0.1) is 19.8 Å². The van der Waals surface area contributed by atoms with E-state index < -0.39 is 0 Å². The van der Waals surface area contributed by atoms with Crippen LogP contribution in [-0.2, 0) is 12.8 Å². The van der Waals surface area contributed by atoms with Crippen LogP contribution >= 0.6 is 0 Å². The first kappa shape index (κ1) is 32.1. The van der Waals surface area contributed by atoms with Gasteiger partial charge in [0, 0.05) is 0 Å². The molecule has 13 rings (SSSR count). The quantitative estimate of drug-likeness (QED) is 0.126. The zero-order chi connectivity index (χ0) is 37.7. The molecule has 1 saturated carbocycles. The molecule has 4 aliphatic rings. The van der Waals surface area contributed by atoms with E-state index in [0.717, 1.165) is 31.1 Å². The SMILES string of the molecule is CCC=c1c2c(c3c4c5c(ccc14)-c1cc4c(-c6ccccc6)c6c7ccc(C)cc7c7cc(C)ccc7c6c(-c6ccccc6)c4cc1C=5CC3)CCC1CC21. The van der Waals surface area contributed by atoms with Gasteiger partial charge in [0.1, 0.15) is 0 Å². The fourth-order valence-electron chi connectivity index (χ4n) is 12.2. The first-order valence-corrected chi connectivity index (χ1v) is 21.4. The molecule has 0 radical (unpaired) electrons. The summed E-state index contributed by atoms with van der Waals surface area (Å²) >= 11 is 0. The molecule has 1 fully saturated rings. The van der Waals surface area contributed by atoms with Gasteiger partial charge in [0.05, 0.1) is 0 Å². The summed E-state index contributed by atoms with van der Waals surface area (Å²) in [6.45, 7) is 6.79. The molecule has 2 atom stereocenters. The third kappa shape index (κ3) is 4.29. The number of hydrogen-bond acceptors (Lipinski definition) is 0. The Balaban J connectivity index is 1.25. The summed E-state index contributed by atoms with van der Waals surface area (Å²) in [4.78, 5) is 0. The van der Waals surface area contributed by atoms with Crippen molar-refractivity contribution < 1.29 is 0 Å². The molecule has 0 aliphatic heterocycles. The van der Waals surface area contributed by atoms with Gasteiger partial charge in [0.25, 0.3) is 0 Å².